The minimum atomic E-state index is -0.790. The second-order valence-corrected chi connectivity index (χ2v) is 5.80. The molecule has 24 heavy (non-hydrogen) atoms. The van der Waals surface area contributed by atoms with Crippen LogP contribution < -0.4 is 14.2 Å². The van der Waals surface area contributed by atoms with Crippen molar-refractivity contribution in [3.8, 4) is 17.2 Å². The molecule has 5 nitrogen and oxygen atoms in total. The lowest BCUT2D eigenvalue weighted by atomic mass is 10.2. The van der Waals surface area contributed by atoms with E-state index in [1.165, 1.54) is 7.11 Å². The van der Waals surface area contributed by atoms with Crippen LogP contribution in [0.25, 0.3) is 0 Å². The number of methoxy groups -OCH3 is 1. The van der Waals surface area contributed by atoms with Crippen molar-refractivity contribution in [2.45, 2.75) is 20.5 Å². The number of halogens is 1. The average Bonchev–Trinajstić information content (AvgIpc) is 2.56. The second kappa shape index (κ2) is 8.59. The first kappa shape index (κ1) is 18.1. The topological polar surface area (TPSA) is 54.0 Å². The molecule has 0 saturated carbocycles. The second-order valence-electron chi connectivity index (χ2n) is 4.94. The summed E-state index contributed by atoms with van der Waals surface area (Å²) in [6.07, 6.45) is -0.790. The molecule has 0 atom stereocenters. The number of benzene rings is 2. The van der Waals surface area contributed by atoms with Crippen molar-refractivity contribution in [3.63, 3.8) is 0 Å². The molecule has 0 unspecified atom stereocenters. The summed E-state index contributed by atoms with van der Waals surface area (Å²) >= 11 is 3.48. The van der Waals surface area contributed by atoms with Gasteiger partial charge in [0.1, 0.15) is 23.9 Å². The molecule has 2 aromatic carbocycles. The van der Waals surface area contributed by atoms with Crippen LogP contribution in [0.1, 0.15) is 18.1 Å². The summed E-state index contributed by atoms with van der Waals surface area (Å²) in [5.41, 5.74) is 1.76. The molecule has 0 aromatic heterocycles. The predicted molar refractivity (Wildman–Crippen MR) is 93.9 cm³/mol. The first-order valence-corrected chi connectivity index (χ1v) is 8.24. The Bertz CT molecular complexity index is 715. The molecule has 0 aliphatic heterocycles. The lowest BCUT2D eigenvalue weighted by molar-refractivity contribution is 0.120. The van der Waals surface area contributed by atoms with Crippen LogP contribution in [0.3, 0.4) is 0 Å². The zero-order valence-corrected chi connectivity index (χ0v) is 15.4. The first-order valence-electron chi connectivity index (χ1n) is 7.44. The highest BCUT2D eigenvalue weighted by atomic mass is 79.9. The van der Waals surface area contributed by atoms with Crippen LogP contribution in [0, 0.1) is 6.92 Å². The molecule has 2 aromatic rings. The molecule has 0 radical (unpaired) electrons. The van der Waals surface area contributed by atoms with E-state index in [-0.39, 0.29) is 6.61 Å². The summed E-state index contributed by atoms with van der Waals surface area (Å²) in [4.78, 5) is 11.4. The standard InChI is InChI=1S/C18H19BrO5/c1-4-22-15-6-5-7-16(24-18(20)21-3)13(15)11-23-17-9-8-12(2)10-14(17)19/h5-10H,4,11H2,1-3H3. The van der Waals surface area contributed by atoms with E-state index < -0.39 is 6.16 Å². The molecule has 128 valence electrons. The monoisotopic (exact) mass is 394 g/mol. The normalized spacial score (nSPS) is 10.2. The van der Waals surface area contributed by atoms with Gasteiger partial charge < -0.3 is 18.9 Å². The lowest BCUT2D eigenvalue weighted by Gasteiger charge is -2.16. The zero-order valence-electron chi connectivity index (χ0n) is 13.8. The highest BCUT2D eigenvalue weighted by Crippen LogP contribution is 2.32. The van der Waals surface area contributed by atoms with Crippen LogP contribution in [-0.4, -0.2) is 19.9 Å². The van der Waals surface area contributed by atoms with Gasteiger partial charge in [-0.3, -0.25) is 0 Å². The largest absolute Gasteiger partial charge is 0.513 e. The van der Waals surface area contributed by atoms with Gasteiger partial charge in [0, 0.05) is 0 Å². The molecule has 0 aliphatic carbocycles. The number of rotatable bonds is 6. The molecule has 0 aliphatic rings. The SMILES string of the molecule is CCOc1cccc(OC(=O)OC)c1COc1ccc(C)cc1Br. The number of hydrogen-bond acceptors (Lipinski definition) is 5. The van der Waals surface area contributed by atoms with Crippen LogP contribution >= 0.6 is 15.9 Å². The molecular formula is C18H19BrO5. The van der Waals surface area contributed by atoms with Gasteiger partial charge in [-0.25, -0.2) is 4.79 Å². The third kappa shape index (κ3) is 4.64. The van der Waals surface area contributed by atoms with E-state index in [1.54, 1.807) is 18.2 Å². The van der Waals surface area contributed by atoms with Crippen LogP contribution in [-0.2, 0) is 11.3 Å². The molecule has 0 spiro atoms. The Labute approximate surface area is 149 Å². The fraction of sp³-hybridized carbons (Fsp3) is 0.278. The maximum atomic E-state index is 11.4. The Hall–Kier alpha value is -2.21. The van der Waals surface area contributed by atoms with Crippen molar-refractivity contribution >= 4 is 22.1 Å². The molecule has 0 heterocycles. The van der Waals surface area contributed by atoms with E-state index in [9.17, 15) is 4.79 Å². The molecular weight excluding hydrogens is 376 g/mol. The Morgan fingerprint density at radius 2 is 1.83 bits per heavy atom. The van der Waals surface area contributed by atoms with Gasteiger partial charge in [-0.05, 0) is 59.6 Å². The van der Waals surface area contributed by atoms with Crippen molar-refractivity contribution in [2.24, 2.45) is 0 Å². The highest BCUT2D eigenvalue weighted by Gasteiger charge is 2.15. The summed E-state index contributed by atoms with van der Waals surface area (Å²) in [5, 5.41) is 0. The molecule has 0 amide bonds. The smallest absolute Gasteiger partial charge is 0.493 e. The van der Waals surface area contributed by atoms with Crippen LogP contribution in [0.5, 0.6) is 17.2 Å². The van der Waals surface area contributed by atoms with E-state index in [0.717, 1.165) is 10.0 Å². The van der Waals surface area contributed by atoms with Gasteiger partial charge in [0.25, 0.3) is 0 Å². The van der Waals surface area contributed by atoms with Gasteiger partial charge in [0.2, 0.25) is 0 Å². The van der Waals surface area contributed by atoms with Gasteiger partial charge in [-0.2, -0.15) is 0 Å². The minimum absolute atomic E-state index is 0.185. The van der Waals surface area contributed by atoms with Gasteiger partial charge >= 0.3 is 6.16 Å². The van der Waals surface area contributed by atoms with Crippen LogP contribution in [0.15, 0.2) is 40.9 Å². The van der Waals surface area contributed by atoms with E-state index in [4.69, 9.17) is 14.2 Å². The Balaban J connectivity index is 2.26. The Kier molecular flexibility index (Phi) is 6.49. The molecule has 0 N–H and O–H groups in total. The summed E-state index contributed by atoms with van der Waals surface area (Å²) in [6.45, 7) is 4.56. The molecule has 0 fully saturated rings. The van der Waals surface area contributed by atoms with Gasteiger partial charge in [-0.15, -0.1) is 0 Å². The van der Waals surface area contributed by atoms with Crippen molar-refractivity contribution in [1.29, 1.82) is 0 Å². The zero-order chi connectivity index (χ0) is 17.5. The lowest BCUT2D eigenvalue weighted by Crippen LogP contribution is -2.11. The maximum absolute atomic E-state index is 11.4. The number of hydrogen-bond donors (Lipinski definition) is 0. The number of ether oxygens (including phenoxy) is 4. The van der Waals surface area contributed by atoms with E-state index in [2.05, 4.69) is 20.7 Å². The molecule has 0 saturated heterocycles. The number of carbonyl (C=O) groups is 1. The number of aryl methyl sites for hydroxylation is 1. The Morgan fingerprint density at radius 1 is 1.08 bits per heavy atom. The summed E-state index contributed by atoms with van der Waals surface area (Å²) < 4.78 is 22.1. The van der Waals surface area contributed by atoms with Crippen LogP contribution in [0.4, 0.5) is 4.79 Å². The third-order valence-electron chi connectivity index (χ3n) is 3.21. The first-order chi connectivity index (χ1) is 11.5. The molecule has 0 bridgehead atoms. The van der Waals surface area contributed by atoms with Gasteiger partial charge in [0.15, 0.2) is 0 Å². The minimum Gasteiger partial charge on any atom is -0.493 e. The predicted octanol–water partition coefficient (Wildman–Crippen LogP) is 4.88. The molecule has 2 rings (SSSR count). The van der Waals surface area contributed by atoms with Crippen molar-refractivity contribution in [2.75, 3.05) is 13.7 Å². The summed E-state index contributed by atoms with van der Waals surface area (Å²) in [6, 6.07) is 11.0. The van der Waals surface area contributed by atoms with E-state index in [1.807, 2.05) is 32.0 Å². The van der Waals surface area contributed by atoms with Crippen LogP contribution in [0.2, 0.25) is 0 Å². The molecule has 6 heteroatoms. The average molecular weight is 395 g/mol. The van der Waals surface area contributed by atoms with Gasteiger partial charge in [-0.1, -0.05) is 12.1 Å². The van der Waals surface area contributed by atoms with E-state index >= 15 is 0 Å². The maximum Gasteiger partial charge on any atom is 0.513 e. The van der Waals surface area contributed by atoms with Crippen molar-refractivity contribution in [1.82, 2.24) is 0 Å². The third-order valence-corrected chi connectivity index (χ3v) is 3.83. The van der Waals surface area contributed by atoms with Crippen molar-refractivity contribution in [3.05, 3.63) is 52.0 Å². The fourth-order valence-corrected chi connectivity index (χ4v) is 2.69. The summed E-state index contributed by atoms with van der Waals surface area (Å²) in [5.74, 6) is 1.63. The highest BCUT2D eigenvalue weighted by molar-refractivity contribution is 9.10. The quantitative estimate of drug-likeness (QED) is 0.516. The van der Waals surface area contributed by atoms with Gasteiger partial charge in [0.05, 0.1) is 23.8 Å². The Morgan fingerprint density at radius 3 is 2.50 bits per heavy atom. The fourth-order valence-electron chi connectivity index (χ4n) is 2.08. The van der Waals surface area contributed by atoms with E-state index in [0.29, 0.717) is 29.4 Å². The number of carbonyl (C=O) groups excluding carboxylic acids is 1. The van der Waals surface area contributed by atoms with Crippen molar-refractivity contribution < 1.29 is 23.7 Å². The summed E-state index contributed by atoms with van der Waals surface area (Å²) in [7, 11) is 1.26.